The van der Waals surface area contributed by atoms with Crippen LogP contribution in [0.1, 0.15) is 34.1 Å². The zero-order chi connectivity index (χ0) is 34.0. The van der Waals surface area contributed by atoms with Crippen molar-refractivity contribution < 1.29 is 24.2 Å². The summed E-state index contributed by atoms with van der Waals surface area (Å²) in [6.07, 6.45) is 3.08. The molecule has 0 aromatic heterocycles. The first kappa shape index (κ1) is 34.9. The van der Waals surface area contributed by atoms with E-state index < -0.39 is 35.6 Å². The maximum absolute atomic E-state index is 15.0. The van der Waals surface area contributed by atoms with Crippen LogP contribution < -0.4 is 14.7 Å². The van der Waals surface area contributed by atoms with Crippen LogP contribution in [0.4, 0.5) is 17.1 Å². The molecule has 3 aliphatic heterocycles. The van der Waals surface area contributed by atoms with Gasteiger partial charge in [-0.25, -0.2) is 0 Å². The van der Waals surface area contributed by atoms with E-state index in [1.54, 1.807) is 26.9 Å². The fraction of sp³-hybridized carbons (Fsp3) is 0.486. The van der Waals surface area contributed by atoms with Gasteiger partial charge in [0.25, 0.3) is 5.91 Å². The summed E-state index contributed by atoms with van der Waals surface area (Å²) < 4.78 is 6.80. The average molecular weight is 708 g/mol. The van der Waals surface area contributed by atoms with E-state index >= 15 is 4.79 Å². The lowest BCUT2D eigenvalue weighted by atomic mass is 9.70. The van der Waals surface area contributed by atoms with Crippen molar-refractivity contribution in [1.82, 2.24) is 4.90 Å². The monoisotopic (exact) mass is 706 g/mol. The zero-order valence-electron chi connectivity index (χ0n) is 27.8. The number of aliphatic hydroxyl groups excluding tert-OH is 1. The molecule has 3 unspecified atom stereocenters. The quantitative estimate of drug-likeness (QED) is 0.219. The first-order valence-corrected chi connectivity index (χ1v) is 17.5. The van der Waals surface area contributed by atoms with Crippen LogP contribution in [-0.2, 0) is 19.1 Å². The highest BCUT2D eigenvalue weighted by molar-refractivity contribution is 9.09. The molecule has 252 valence electrons. The minimum atomic E-state index is -1.27. The SMILES string of the molecule is C=CCN(C(=O)C1N([C@@H](CO)C(C)C)C(=O)[C@@H]2[C@H](C(=O)N(CC=C)c3ccccc3)[C@H]3OC12CC3Br)c1ccc(N(CC)CC)cc1. The van der Waals surface area contributed by atoms with Gasteiger partial charge in [0.05, 0.1) is 30.6 Å². The van der Waals surface area contributed by atoms with E-state index in [4.69, 9.17) is 4.74 Å². The van der Waals surface area contributed by atoms with Gasteiger partial charge < -0.3 is 29.4 Å². The molecule has 0 aliphatic carbocycles. The third-order valence-electron chi connectivity index (χ3n) is 10.1. The number of ether oxygens (including phenoxy) is 1. The molecular formula is C37H47BrN4O5. The Kier molecular flexibility index (Phi) is 10.6. The maximum Gasteiger partial charge on any atom is 0.253 e. The highest BCUT2D eigenvalue weighted by Gasteiger charge is 2.77. The van der Waals surface area contributed by atoms with Gasteiger partial charge in [0.15, 0.2) is 0 Å². The Hall–Kier alpha value is -3.47. The molecule has 3 fully saturated rings. The number of carbonyl (C=O) groups excluding carboxylic acids is 3. The summed E-state index contributed by atoms with van der Waals surface area (Å²) in [5.74, 6) is -2.81. The van der Waals surface area contributed by atoms with Crippen LogP contribution in [0.2, 0.25) is 0 Å². The molecule has 3 aliphatic rings. The van der Waals surface area contributed by atoms with Gasteiger partial charge >= 0.3 is 0 Å². The number of amides is 3. The molecule has 0 saturated carbocycles. The number of halogens is 1. The average Bonchev–Trinajstić information content (AvgIpc) is 3.67. The molecule has 2 aromatic rings. The smallest absolute Gasteiger partial charge is 0.253 e. The fourth-order valence-electron chi connectivity index (χ4n) is 7.88. The van der Waals surface area contributed by atoms with Crippen molar-refractivity contribution in [3.05, 3.63) is 79.9 Å². The number of carbonyl (C=O) groups is 3. The highest BCUT2D eigenvalue weighted by Crippen LogP contribution is 2.61. The Labute approximate surface area is 287 Å². The third kappa shape index (κ3) is 5.93. The maximum atomic E-state index is 15.0. The first-order valence-electron chi connectivity index (χ1n) is 16.6. The number of likely N-dealkylation sites (tertiary alicyclic amines) is 1. The summed E-state index contributed by atoms with van der Waals surface area (Å²) in [7, 11) is 0. The van der Waals surface area contributed by atoms with Crippen molar-refractivity contribution in [2.45, 2.75) is 62.7 Å². The lowest BCUT2D eigenvalue weighted by molar-refractivity contribution is -0.145. The summed E-state index contributed by atoms with van der Waals surface area (Å²) in [6, 6.07) is 15.4. The van der Waals surface area contributed by atoms with Gasteiger partial charge in [-0.1, -0.05) is 60.1 Å². The minimum Gasteiger partial charge on any atom is -0.394 e. The van der Waals surface area contributed by atoms with E-state index in [0.29, 0.717) is 17.8 Å². The van der Waals surface area contributed by atoms with Crippen molar-refractivity contribution in [3.63, 3.8) is 0 Å². The molecule has 47 heavy (non-hydrogen) atoms. The molecule has 3 saturated heterocycles. The first-order chi connectivity index (χ1) is 22.6. The summed E-state index contributed by atoms with van der Waals surface area (Å²) in [6.45, 7) is 17.7. The second kappa shape index (κ2) is 14.3. The van der Waals surface area contributed by atoms with Gasteiger partial charge in [0, 0.05) is 48.1 Å². The number of fused-ring (bicyclic) bond motifs is 1. The van der Waals surface area contributed by atoms with E-state index in [0.717, 1.165) is 18.8 Å². The van der Waals surface area contributed by atoms with Crippen molar-refractivity contribution >= 4 is 50.7 Å². The highest BCUT2D eigenvalue weighted by atomic mass is 79.9. The van der Waals surface area contributed by atoms with Crippen LogP contribution in [0.5, 0.6) is 0 Å². The van der Waals surface area contributed by atoms with Crippen molar-refractivity contribution in [3.8, 4) is 0 Å². The number of hydrogen-bond donors (Lipinski definition) is 1. The number of para-hydroxylation sites is 1. The van der Waals surface area contributed by atoms with E-state index in [1.165, 1.54) is 0 Å². The Balaban J connectivity index is 1.60. The van der Waals surface area contributed by atoms with Gasteiger partial charge in [-0.3, -0.25) is 14.4 Å². The van der Waals surface area contributed by atoms with Gasteiger partial charge in [0.1, 0.15) is 11.6 Å². The standard InChI is InChI=1S/C37H47BrN4O5/c1-7-20-40(26-14-12-11-13-15-26)34(44)30-31-35(45)42(29(23-43)24(5)6)33(37(31)22-28(38)32(30)47-37)36(46)41(21-8-2)27-18-16-25(17-19-27)39(9-3)10-4/h7-8,11-19,24,28-33,43H,1-2,9-10,20-23H2,3-6H3/t28?,29-,30-,31-,32-,33?,37?/m0/s1. The Morgan fingerprint density at radius 1 is 0.979 bits per heavy atom. The van der Waals surface area contributed by atoms with Crippen LogP contribution in [0.25, 0.3) is 0 Å². The van der Waals surface area contributed by atoms with Gasteiger partial charge in [-0.15, -0.1) is 13.2 Å². The van der Waals surface area contributed by atoms with Crippen LogP contribution in [0.15, 0.2) is 79.9 Å². The van der Waals surface area contributed by atoms with Crippen LogP contribution >= 0.6 is 15.9 Å². The van der Waals surface area contributed by atoms with Crippen LogP contribution in [0, 0.1) is 17.8 Å². The molecule has 3 amide bonds. The van der Waals surface area contributed by atoms with Crippen LogP contribution in [-0.4, -0.2) is 89.1 Å². The van der Waals surface area contributed by atoms with E-state index in [-0.39, 0.29) is 48.2 Å². The third-order valence-corrected chi connectivity index (χ3v) is 10.9. The van der Waals surface area contributed by atoms with Crippen molar-refractivity contribution in [2.75, 3.05) is 47.5 Å². The Morgan fingerprint density at radius 3 is 2.06 bits per heavy atom. The number of benzene rings is 2. The fourth-order valence-corrected chi connectivity index (χ4v) is 8.82. The Bertz CT molecular complexity index is 1460. The molecule has 10 heteroatoms. The number of anilines is 3. The Morgan fingerprint density at radius 2 is 1.53 bits per heavy atom. The summed E-state index contributed by atoms with van der Waals surface area (Å²) in [5.41, 5.74) is 1.13. The normalized spacial score (nSPS) is 26.7. The van der Waals surface area contributed by atoms with E-state index in [1.807, 2.05) is 68.4 Å². The number of nitrogens with zero attached hydrogens (tertiary/aromatic N) is 4. The molecule has 7 atom stereocenters. The minimum absolute atomic E-state index is 0.164. The molecular weight excluding hydrogens is 660 g/mol. The second-order valence-corrected chi connectivity index (χ2v) is 14.1. The van der Waals surface area contributed by atoms with E-state index in [2.05, 4.69) is 47.8 Å². The van der Waals surface area contributed by atoms with Crippen LogP contribution in [0.3, 0.4) is 0 Å². The summed E-state index contributed by atoms with van der Waals surface area (Å²) >= 11 is 3.79. The van der Waals surface area contributed by atoms with Gasteiger partial charge in [-0.05, 0) is 62.6 Å². The predicted octanol–water partition coefficient (Wildman–Crippen LogP) is 5.04. The number of hydrogen-bond acceptors (Lipinski definition) is 6. The zero-order valence-corrected chi connectivity index (χ0v) is 29.4. The molecule has 1 spiro atoms. The largest absolute Gasteiger partial charge is 0.394 e. The number of aliphatic hydroxyl groups is 1. The number of alkyl halides is 1. The number of rotatable bonds is 14. The van der Waals surface area contributed by atoms with Gasteiger partial charge in [-0.2, -0.15) is 0 Å². The molecule has 0 radical (unpaired) electrons. The molecule has 1 N–H and O–H groups in total. The van der Waals surface area contributed by atoms with Gasteiger partial charge in [0.2, 0.25) is 11.8 Å². The molecule has 9 nitrogen and oxygen atoms in total. The van der Waals surface area contributed by atoms with Crippen molar-refractivity contribution in [1.29, 1.82) is 0 Å². The molecule has 5 rings (SSSR count). The lowest BCUT2D eigenvalue weighted by Crippen LogP contribution is -2.60. The van der Waals surface area contributed by atoms with E-state index in [9.17, 15) is 14.7 Å². The topological polar surface area (TPSA) is 93.6 Å². The summed E-state index contributed by atoms with van der Waals surface area (Å²) in [5, 5.41) is 10.7. The second-order valence-electron chi connectivity index (χ2n) is 12.9. The summed E-state index contributed by atoms with van der Waals surface area (Å²) in [4.78, 5) is 51.1. The van der Waals surface area contributed by atoms with Crippen molar-refractivity contribution in [2.24, 2.45) is 17.8 Å². The molecule has 2 aromatic carbocycles. The molecule has 2 bridgehead atoms. The predicted molar refractivity (Wildman–Crippen MR) is 190 cm³/mol. The molecule has 3 heterocycles. The lowest BCUT2D eigenvalue weighted by Gasteiger charge is -2.40.